The van der Waals surface area contributed by atoms with Crippen LogP contribution in [0.15, 0.2) is 36.7 Å². The van der Waals surface area contributed by atoms with E-state index in [1.54, 1.807) is 0 Å². The first-order valence-electron chi connectivity index (χ1n) is 6.18. The zero-order valence-corrected chi connectivity index (χ0v) is 9.63. The van der Waals surface area contributed by atoms with Crippen LogP contribution in [0.1, 0.15) is 19.8 Å². The van der Waals surface area contributed by atoms with E-state index in [1.165, 1.54) is 12.8 Å². The number of nitrogens with one attached hydrogen (secondary N) is 1. The van der Waals surface area contributed by atoms with Crippen molar-refractivity contribution in [2.45, 2.75) is 25.8 Å². The molecule has 16 heavy (non-hydrogen) atoms. The zero-order valence-electron chi connectivity index (χ0n) is 9.63. The van der Waals surface area contributed by atoms with Crippen LogP contribution in [0.5, 0.6) is 0 Å². The molecule has 0 amide bonds. The molecule has 0 radical (unpaired) electrons. The minimum Gasteiger partial charge on any atom is -0.381 e. The molecular formula is C14H18N2. The summed E-state index contributed by atoms with van der Waals surface area (Å²) in [6.45, 7) is 2.30. The molecule has 4 atom stereocenters. The van der Waals surface area contributed by atoms with Crippen molar-refractivity contribution in [2.75, 3.05) is 5.32 Å². The number of pyridine rings is 1. The Labute approximate surface area is 96.8 Å². The van der Waals surface area contributed by atoms with Crippen LogP contribution in [0.3, 0.4) is 0 Å². The number of rotatable bonds is 3. The fraction of sp³-hybridized carbons (Fsp3) is 0.500. The SMILES string of the molecule is CC(Nc1cccnc1)C1CC2C=CC1C2. The van der Waals surface area contributed by atoms with Gasteiger partial charge < -0.3 is 5.32 Å². The monoisotopic (exact) mass is 214 g/mol. The van der Waals surface area contributed by atoms with E-state index in [1.807, 2.05) is 18.5 Å². The second-order valence-corrected chi connectivity index (χ2v) is 5.12. The number of hydrogen-bond acceptors (Lipinski definition) is 2. The molecule has 2 aliphatic carbocycles. The van der Waals surface area contributed by atoms with Gasteiger partial charge >= 0.3 is 0 Å². The molecule has 3 rings (SSSR count). The highest BCUT2D eigenvalue weighted by molar-refractivity contribution is 5.41. The lowest BCUT2D eigenvalue weighted by Crippen LogP contribution is -2.28. The Bertz CT molecular complexity index is 385. The molecule has 2 nitrogen and oxygen atoms in total. The molecule has 4 unspecified atom stereocenters. The van der Waals surface area contributed by atoms with Gasteiger partial charge in [-0.05, 0) is 49.7 Å². The lowest BCUT2D eigenvalue weighted by atomic mass is 9.87. The van der Waals surface area contributed by atoms with Gasteiger partial charge in [-0.3, -0.25) is 4.98 Å². The van der Waals surface area contributed by atoms with Crippen LogP contribution in [0.4, 0.5) is 5.69 Å². The minimum atomic E-state index is 0.546. The lowest BCUT2D eigenvalue weighted by Gasteiger charge is -2.26. The highest BCUT2D eigenvalue weighted by Gasteiger charge is 2.38. The van der Waals surface area contributed by atoms with Gasteiger partial charge in [0.1, 0.15) is 0 Å². The van der Waals surface area contributed by atoms with Crippen molar-refractivity contribution in [1.82, 2.24) is 4.98 Å². The summed E-state index contributed by atoms with van der Waals surface area (Å²) in [5.41, 5.74) is 1.14. The fourth-order valence-corrected chi connectivity index (χ4v) is 3.22. The number of allylic oxidation sites excluding steroid dienone is 2. The average Bonchev–Trinajstić information content (AvgIpc) is 2.92. The highest BCUT2D eigenvalue weighted by Crippen LogP contribution is 2.45. The van der Waals surface area contributed by atoms with Crippen molar-refractivity contribution in [1.29, 1.82) is 0 Å². The third kappa shape index (κ3) is 1.73. The first kappa shape index (κ1) is 9.88. The van der Waals surface area contributed by atoms with Crippen molar-refractivity contribution in [3.8, 4) is 0 Å². The topological polar surface area (TPSA) is 24.9 Å². The second kappa shape index (κ2) is 3.93. The van der Waals surface area contributed by atoms with Crippen molar-refractivity contribution in [3.05, 3.63) is 36.7 Å². The largest absolute Gasteiger partial charge is 0.381 e. The van der Waals surface area contributed by atoms with Gasteiger partial charge in [-0.2, -0.15) is 0 Å². The standard InChI is InChI=1S/C14H18N2/c1-10(16-13-3-2-6-15-9-13)14-8-11-4-5-12(14)7-11/h2-6,9-12,14,16H,7-8H2,1H3. The van der Waals surface area contributed by atoms with Crippen LogP contribution in [0, 0.1) is 17.8 Å². The molecule has 1 saturated carbocycles. The third-order valence-corrected chi connectivity index (χ3v) is 4.03. The molecule has 1 N–H and O–H groups in total. The first-order chi connectivity index (χ1) is 7.83. The van der Waals surface area contributed by atoms with Gasteiger partial charge in [0.05, 0.1) is 5.69 Å². The maximum atomic E-state index is 4.14. The van der Waals surface area contributed by atoms with E-state index in [0.717, 1.165) is 23.4 Å². The molecule has 2 aliphatic rings. The third-order valence-electron chi connectivity index (χ3n) is 4.03. The molecule has 1 fully saturated rings. The van der Waals surface area contributed by atoms with Crippen LogP contribution in [0.25, 0.3) is 0 Å². The molecule has 0 spiro atoms. The summed E-state index contributed by atoms with van der Waals surface area (Å²) in [5.74, 6) is 2.47. The molecule has 84 valence electrons. The maximum Gasteiger partial charge on any atom is 0.0528 e. The van der Waals surface area contributed by atoms with Crippen molar-refractivity contribution in [2.24, 2.45) is 17.8 Å². The van der Waals surface area contributed by atoms with E-state index < -0.39 is 0 Å². The van der Waals surface area contributed by atoms with E-state index in [-0.39, 0.29) is 0 Å². The van der Waals surface area contributed by atoms with E-state index >= 15 is 0 Å². The Hall–Kier alpha value is -1.31. The van der Waals surface area contributed by atoms with Crippen LogP contribution in [-0.4, -0.2) is 11.0 Å². The molecule has 0 aromatic carbocycles. The van der Waals surface area contributed by atoms with Gasteiger partial charge in [-0.25, -0.2) is 0 Å². The van der Waals surface area contributed by atoms with Crippen LogP contribution in [0.2, 0.25) is 0 Å². The van der Waals surface area contributed by atoms with Crippen molar-refractivity contribution < 1.29 is 0 Å². The van der Waals surface area contributed by atoms with E-state index in [4.69, 9.17) is 0 Å². The molecule has 0 saturated heterocycles. The Balaban J connectivity index is 1.66. The normalized spacial score (nSPS) is 32.9. The molecule has 1 aromatic heterocycles. The Kier molecular flexibility index (Phi) is 2.43. The number of hydrogen-bond donors (Lipinski definition) is 1. The Morgan fingerprint density at radius 3 is 2.94 bits per heavy atom. The van der Waals surface area contributed by atoms with Gasteiger partial charge in [-0.15, -0.1) is 0 Å². The van der Waals surface area contributed by atoms with Crippen molar-refractivity contribution in [3.63, 3.8) is 0 Å². The number of aromatic nitrogens is 1. The van der Waals surface area contributed by atoms with Crippen LogP contribution >= 0.6 is 0 Å². The van der Waals surface area contributed by atoms with Crippen LogP contribution in [-0.2, 0) is 0 Å². The summed E-state index contributed by atoms with van der Waals surface area (Å²) in [7, 11) is 0. The fourth-order valence-electron chi connectivity index (χ4n) is 3.22. The van der Waals surface area contributed by atoms with Gasteiger partial charge in [0.15, 0.2) is 0 Å². The predicted octanol–water partition coefficient (Wildman–Crippen LogP) is 3.09. The van der Waals surface area contributed by atoms with E-state index in [0.29, 0.717) is 6.04 Å². The summed E-state index contributed by atoms with van der Waals surface area (Å²) in [5, 5.41) is 3.57. The quantitative estimate of drug-likeness (QED) is 0.782. The minimum absolute atomic E-state index is 0.546. The van der Waals surface area contributed by atoms with E-state index in [9.17, 15) is 0 Å². The lowest BCUT2D eigenvalue weighted by molar-refractivity contribution is 0.400. The van der Waals surface area contributed by atoms with E-state index in [2.05, 4.69) is 35.4 Å². The molecule has 1 aromatic rings. The highest BCUT2D eigenvalue weighted by atomic mass is 14.9. The van der Waals surface area contributed by atoms with Crippen molar-refractivity contribution >= 4 is 5.69 Å². The summed E-state index contributed by atoms with van der Waals surface area (Å²) < 4.78 is 0. The smallest absolute Gasteiger partial charge is 0.0528 e. The molecular weight excluding hydrogens is 196 g/mol. The Morgan fingerprint density at radius 1 is 1.38 bits per heavy atom. The number of anilines is 1. The Morgan fingerprint density at radius 2 is 2.31 bits per heavy atom. The summed E-state index contributed by atoms with van der Waals surface area (Å²) in [6, 6.07) is 4.62. The maximum absolute atomic E-state index is 4.14. The molecule has 2 bridgehead atoms. The summed E-state index contributed by atoms with van der Waals surface area (Å²) in [4.78, 5) is 4.14. The number of nitrogens with zero attached hydrogens (tertiary/aromatic N) is 1. The number of fused-ring (bicyclic) bond motifs is 2. The zero-order chi connectivity index (χ0) is 11.0. The molecule has 2 heteroatoms. The molecule has 1 heterocycles. The first-order valence-corrected chi connectivity index (χ1v) is 6.18. The van der Waals surface area contributed by atoms with Gasteiger partial charge in [-0.1, -0.05) is 12.2 Å². The van der Waals surface area contributed by atoms with Gasteiger partial charge in [0.25, 0.3) is 0 Å². The van der Waals surface area contributed by atoms with Gasteiger partial charge in [0.2, 0.25) is 0 Å². The average molecular weight is 214 g/mol. The summed E-state index contributed by atoms with van der Waals surface area (Å²) >= 11 is 0. The molecule has 0 aliphatic heterocycles. The second-order valence-electron chi connectivity index (χ2n) is 5.12. The predicted molar refractivity (Wildman–Crippen MR) is 66.2 cm³/mol. The van der Waals surface area contributed by atoms with Crippen LogP contribution < -0.4 is 5.32 Å². The van der Waals surface area contributed by atoms with Gasteiger partial charge in [0, 0.05) is 18.4 Å². The summed E-state index contributed by atoms with van der Waals surface area (Å²) in [6.07, 6.45) is 11.3.